The highest BCUT2D eigenvalue weighted by Crippen LogP contribution is 2.12. The summed E-state index contributed by atoms with van der Waals surface area (Å²) in [5.41, 5.74) is 1.42. The van der Waals surface area contributed by atoms with Gasteiger partial charge < -0.3 is 5.32 Å². The van der Waals surface area contributed by atoms with Crippen LogP contribution in [0.15, 0.2) is 30.3 Å². The molecule has 1 aromatic carbocycles. The van der Waals surface area contributed by atoms with E-state index in [0.29, 0.717) is 6.04 Å². The number of halogens is 1. The number of hydrogen-bond acceptors (Lipinski definition) is 2. The summed E-state index contributed by atoms with van der Waals surface area (Å²) in [6.45, 7) is 3.50. The molecule has 1 fully saturated rings. The molecular weight excluding hydrogens is 252 g/mol. The van der Waals surface area contributed by atoms with Gasteiger partial charge in [0.2, 0.25) is 0 Å². The fraction of sp³-hybridized carbons (Fsp3) is 0.500. The zero-order valence-corrected chi connectivity index (χ0v) is 10.9. The average molecular weight is 271 g/mol. The van der Waals surface area contributed by atoms with Crippen LogP contribution in [-0.4, -0.2) is 31.1 Å². The van der Waals surface area contributed by atoms with Crippen molar-refractivity contribution >= 4 is 17.0 Å². The van der Waals surface area contributed by atoms with Gasteiger partial charge in [0, 0.05) is 25.7 Å². The average Bonchev–Trinajstić information content (AvgIpc) is 2.67. The molecule has 0 aliphatic carbocycles. The monoisotopic (exact) mass is 270 g/mol. The lowest BCUT2D eigenvalue weighted by Crippen LogP contribution is -2.29. The van der Waals surface area contributed by atoms with E-state index in [2.05, 4.69) is 47.6 Å². The molecule has 1 N–H and O–H groups in total. The highest BCUT2D eigenvalue weighted by atomic mass is 79.9. The van der Waals surface area contributed by atoms with Gasteiger partial charge in [-0.25, -0.2) is 0 Å². The molecule has 1 aliphatic heterocycles. The van der Waals surface area contributed by atoms with Gasteiger partial charge in [-0.3, -0.25) is 4.90 Å². The van der Waals surface area contributed by atoms with E-state index in [0.717, 1.165) is 6.54 Å². The maximum absolute atomic E-state index is 3.34. The molecule has 0 unspecified atom stereocenters. The van der Waals surface area contributed by atoms with Gasteiger partial charge in [0.25, 0.3) is 0 Å². The normalized spacial score (nSPS) is 21.3. The molecule has 1 atom stereocenters. The molecule has 0 bridgehead atoms. The van der Waals surface area contributed by atoms with Crippen molar-refractivity contribution < 1.29 is 0 Å². The Kier molecular flexibility index (Phi) is 5.29. The molecule has 2 rings (SSSR count). The fourth-order valence-corrected chi connectivity index (χ4v) is 2.05. The fourth-order valence-electron chi connectivity index (χ4n) is 2.05. The van der Waals surface area contributed by atoms with Crippen LogP contribution in [-0.2, 0) is 6.54 Å². The van der Waals surface area contributed by atoms with Gasteiger partial charge in [-0.15, -0.1) is 17.0 Å². The van der Waals surface area contributed by atoms with Crippen LogP contribution in [0.5, 0.6) is 0 Å². The van der Waals surface area contributed by atoms with E-state index in [4.69, 9.17) is 0 Å². The Balaban J connectivity index is 0.00000112. The molecule has 84 valence electrons. The number of hydrogen-bond donors (Lipinski definition) is 1. The number of benzene rings is 1. The number of nitrogens with one attached hydrogen (secondary N) is 1. The molecule has 15 heavy (non-hydrogen) atoms. The molecule has 1 heterocycles. The lowest BCUT2D eigenvalue weighted by molar-refractivity contribution is 0.322. The van der Waals surface area contributed by atoms with E-state index in [9.17, 15) is 0 Å². The highest BCUT2D eigenvalue weighted by molar-refractivity contribution is 8.93. The van der Waals surface area contributed by atoms with Crippen molar-refractivity contribution in [1.82, 2.24) is 10.2 Å². The van der Waals surface area contributed by atoms with Crippen molar-refractivity contribution in [3.05, 3.63) is 35.9 Å². The van der Waals surface area contributed by atoms with Gasteiger partial charge >= 0.3 is 0 Å². The van der Waals surface area contributed by atoms with E-state index in [-0.39, 0.29) is 17.0 Å². The van der Waals surface area contributed by atoms with Crippen molar-refractivity contribution in [1.29, 1.82) is 0 Å². The first-order chi connectivity index (χ1) is 6.88. The quantitative estimate of drug-likeness (QED) is 0.905. The van der Waals surface area contributed by atoms with Crippen LogP contribution in [0.2, 0.25) is 0 Å². The molecule has 3 heteroatoms. The van der Waals surface area contributed by atoms with Gasteiger partial charge in [0.05, 0.1) is 0 Å². The second-order valence-corrected chi connectivity index (χ2v) is 3.99. The first-order valence-corrected chi connectivity index (χ1v) is 5.32. The lowest BCUT2D eigenvalue weighted by atomic mass is 10.2. The highest BCUT2D eigenvalue weighted by Gasteiger charge is 2.20. The van der Waals surface area contributed by atoms with Crippen molar-refractivity contribution in [2.75, 3.05) is 20.1 Å². The van der Waals surface area contributed by atoms with Crippen LogP contribution < -0.4 is 5.32 Å². The van der Waals surface area contributed by atoms with Crippen LogP contribution in [0.1, 0.15) is 12.0 Å². The SMILES string of the molecule is Br.CN[C@@H]1CCN(Cc2ccccc2)C1. The molecule has 2 nitrogen and oxygen atoms in total. The van der Waals surface area contributed by atoms with E-state index in [1.165, 1.54) is 25.1 Å². The molecule has 1 aliphatic rings. The zero-order valence-electron chi connectivity index (χ0n) is 9.15. The predicted molar refractivity (Wildman–Crippen MR) is 69.5 cm³/mol. The first-order valence-electron chi connectivity index (χ1n) is 5.32. The third-order valence-electron chi connectivity index (χ3n) is 2.93. The summed E-state index contributed by atoms with van der Waals surface area (Å²) in [4.78, 5) is 2.51. The van der Waals surface area contributed by atoms with Crippen LogP contribution in [0, 0.1) is 0 Å². The molecule has 1 aromatic rings. The van der Waals surface area contributed by atoms with Crippen molar-refractivity contribution in [3.63, 3.8) is 0 Å². The van der Waals surface area contributed by atoms with Gasteiger partial charge in [-0.2, -0.15) is 0 Å². The summed E-state index contributed by atoms with van der Waals surface area (Å²) in [5.74, 6) is 0. The lowest BCUT2D eigenvalue weighted by Gasteiger charge is -2.15. The third-order valence-corrected chi connectivity index (χ3v) is 2.93. The Morgan fingerprint density at radius 3 is 2.67 bits per heavy atom. The summed E-state index contributed by atoms with van der Waals surface area (Å²) >= 11 is 0. The molecule has 0 radical (unpaired) electrons. The minimum Gasteiger partial charge on any atom is -0.316 e. The van der Waals surface area contributed by atoms with Gasteiger partial charge in [-0.1, -0.05) is 30.3 Å². The number of rotatable bonds is 3. The Bertz CT molecular complexity index is 276. The zero-order chi connectivity index (χ0) is 9.80. The minimum atomic E-state index is 0. The topological polar surface area (TPSA) is 15.3 Å². The van der Waals surface area contributed by atoms with E-state index in [1.807, 2.05) is 0 Å². The van der Waals surface area contributed by atoms with Gasteiger partial charge in [-0.05, 0) is 19.0 Å². The molecule has 0 saturated carbocycles. The van der Waals surface area contributed by atoms with Crippen LogP contribution in [0.25, 0.3) is 0 Å². The molecule has 1 saturated heterocycles. The Labute approximate surface area is 102 Å². The smallest absolute Gasteiger partial charge is 0.0234 e. The van der Waals surface area contributed by atoms with Crippen LogP contribution in [0.3, 0.4) is 0 Å². The Morgan fingerprint density at radius 1 is 1.33 bits per heavy atom. The first kappa shape index (κ1) is 12.7. The summed E-state index contributed by atoms with van der Waals surface area (Å²) in [5, 5.41) is 3.34. The standard InChI is InChI=1S/C12H18N2.BrH/c1-13-12-7-8-14(10-12)9-11-5-3-2-4-6-11;/h2-6,12-13H,7-10H2,1H3;1H/t12-;/m1./s1. The second kappa shape index (κ2) is 6.26. The maximum atomic E-state index is 3.34. The molecule has 0 spiro atoms. The van der Waals surface area contributed by atoms with E-state index < -0.39 is 0 Å². The summed E-state index contributed by atoms with van der Waals surface area (Å²) in [7, 11) is 2.05. The summed E-state index contributed by atoms with van der Waals surface area (Å²) < 4.78 is 0. The van der Waals surface area contributed by atoms with E-state index in [1.54, 1.807) is 0 Å². The number of nitrogens with zero attached hydrogens (tertiary/aromatic N) is 1. The van der Waals surface area contributed by atoms with Crippen LogP contribution in [0.4, 0.5) is 0 Å². The second-order valence-electron chi connectivity index (χ2n) is 3.99. The van der Waals surface area contributed by atoms with Crippen molar-refractivity contribution in [2.24, 2.45) is 0 Å². The molecule has 0 aromatic heterocycles. The van der Waals surface area contributed by atoms with Gasteiger partial charge in [0.1, 0.15) is 0 Å². The van der Waals surface area contributed by atoms with Crippen molar-refractivity contribution in [2.45, 2.75) is 19.0 Å². The third kappa shape index (κ3) is 3.59. The summed E-state index contributed by atoms with van der Waals surface area (Å²) in [6.07, 6.45) is 1.28. The largest absolute Gasteiger partial charge is 0.316 e. The Hall–Kier alpha value is -0.380. The number of likely N-dealkylation sites (N-methyl/N-ethyl adjacent to an activating group) is 1. The van der Waals surface area contributed by atoms with Gasteiger partial charge in [0.15, 0.2) is 0 Å². The molecular formula is C12H19BrN2. The van der Waals surface area contributed by atoms with Crippen LogP contribution >= 0.6 is 17.0 Å². The maximum Gasteiger partial charge on any atom is 0.0234 e. The minimum absolute atomic E-state index is 0. The van der Waals surface area contributed by atoms with E-state index >= 15 is 0 Å². The van der Waals surface area contributed by atoms with Crippen molar-refractivity contribution in [3.8, 4) is 0 Å². The summed E-state index contributed by atoms with van der Waals surface area (Å²) in [6, 6.07) is 11.4. The number of likely N-dealkylation sites (tertiary alicyclic amines) is 1. The molecule has 0 amide bonds. The Morgan fingerprint density at radius 2 is 2.07 bits per heavy atom. The predicted octanol–water partition coefficient (Wildman–Crippen LogP) is 2.06.